The number of hydrogen-bond acceptors (Lipinski definition) is 1. The maximum absolute atomic E-state index is 4.75. The van der Waals surface area contributed by atoms with Gasteiger partial charge in [-0.1, -0.05) is 0 Å². The van der Waals surface area contributed by atoms with Crippen molar-refractivity contribution < 1.29 is 37.1 Å². The summed E-state index contributed by atoms with van der Waals surface area (Å²) in [5.41, 5.74) is 5.50. The van der Waals surface area contributed by atoms with Crippen molar-refractivity contribution in [1.82, 2.24) is 0 Å². The Morgan fingerprint density at radius 2 is 1.58 bits per heavy atom. The fourth-order valence-electron chi connectivity index (χ4n) is 2.46. The van der Waals surface area contributed by atoms with Crippen molar-refractivity contribution >= 4 is 27.0 Å². The molecule has 3 rings (SSSR count). The van der Waals surface area contributed by atoms with Gasteiger partial charge in [-0.2, -0.15) is 0 Å². The third-order valence-corrected chi connectivity index (χ3v) is 5.39. The molecule has 3 heteroatoms. The van der Waals surface area contributed by atoms with Gasteiger partial charge in [0, 0.05) is 0 Å². The zero-order valence-corrected chi connectivity index (χ0v) is 14.5. The molecule has 0 N–H and O–H groups in total. The molecule has 0 radical (unpaired) electrons. The van der Waals surface area contributed by atoms with Crippen molar-refractivity contribution in [3.63, 3.8) is 0 Å². The Kier molecular flexibility index (Phi) is 5.11. The Hall–Kier alpha value is -0.297. The molecule has 0 aliphatic heterocycles. The number of rotatable bonds is 2. The van der Waals surface area contributed by atoms with Crippen LogP contribution in [-0.4, -0.2) is 0 Å². The first-order chi connectivity index (χ1) is 8.77. The molecule has 19 heavy (non-hydrogen) atoms. The van der Waals surface area contributed by atoms with Gasteiger partial charge in [-0.3, -0.25) is 0 Å². The van der Waals surface area contributed by atoms with Crippen LogP contribution in [0.1, 0.15) is 24.0 Å². The van der Waals surface area contributed by atoms with E-state index in [9.17, 15) is 0 Å². The van der Waals surface area contributed by atoms with Crippen LogP contribution in [0.4, 0.5) is 0 Å². The fraction of sp³-hybridized carbons (Fsp3) is 0.125. The van der Waals surface area contributed by atoms with E-state index < -0.39 is 0 Å². The van der Waals surface area contributed by atoms with E-state index in [1.165, 1.54) is 50.3 Å². The van der Waals surface area contributed by atoms with E-state index >= 15 is 0 Å². The maximum Gasteiger partial charge on any atom is -1.00 e. The number of thiol groups is 1. The SMILES string of the molecule is Sc1[c]([Zr+])ccc(C2=CC=CC2)c1C1=CC=CC1.[Cl-]. The summed E-state index contributed by atoms with van der Waals surface area (Å²) in [6.07, 6.45) is 15.2. The van der Waals surface area contributed by atoms with Gasteiger partial charge in [-0.15, -0.1) is 0 Å². The Labute approximate surface area is 141 Å². The summed E-state index contributed by atoms with van der Waals surface area (Å²) >= 11 is 6.18. The quantitative estimate of drug-likeness (QED) is 0.739. The van der Waals surface area contributed by atoms with Crippen LogP contribution in [-0.2, 0) is 24.7 Å². The number of halogens is 1. The predicted octanol–water partition coefficient (Wildman–Crippen LogP) is 0.838. The van der Waals surface area contributed by atoms with Gasteiger partial charge in [0.1, 0.15) is 0 Å². The van der Waals surface area contributed by atoms with Gasteiger partial charge in [-0.05, 0) is 0 Å². The summed E-state index contributed by atoms with van der Waals surface area (Å²) < 4.78 is 1.34. The van der Waals surface area contributed by atoms with Crippen molar-refractivity contribution in [2.45, 2.75) is 17.7 Å². The van der Waals surface area contributed by atoms with Crippen LogP contribution in [0, 0.1) is 0 Å². The van der Waals surface area contributed by atoms with Crippen molar-refractivity contribution in [2.24, 2.45) is 0 Å². The summed E-state index contributed by atoms with van der Waals surface area (Å²) in [5, 5.41) is 0. The minimum absolute atomic E-state index is 0. The van der Waals surface area contributed by atoms with Gasteiger partial charge in [-0.25, -0.2) is 0 Å². The van der Waals surface area contributed by atoms with Crippen LogP contribution < -0.4 is 15.7 Å². The van der Waals surface area contributed by atoms with Gasteiger partial charge in [0.2, 0.25) is 0 Å². The molecule has 1 aromatic carbocycles. The summed E-state index contributed by atoms with van der Waals surface area (Å²) in [5.74, 6) is 0. The van der Waals surface area contributed by atoms with Crippen molar-refractivity contribution in [3.05, 3.63) is 59.7 Å². The van der Waals surface area contributed by atoms with E-state index in [0.29, 0.717) is 0 Å². The van der Waals surface area contributed by atoms with E-state index in [0.717, 1.165) is 17.7 Å². The average molecular weight is 364 g/mol. The van der Waals surface area contributed by atoms with Crippen LogP contribution in [0.3, 0.4) is 0 Å². The van der Waals surface area contributed by atoms with E-state index in [-0.39, 0.29) is 12.4 Å². The molecule has 0 atom stereocenters. The van der Waals surface area contributed by atoms with Crippen LogP contribution in [0.5, 0.6) is 0 Å². The molecule has 0 aromatic heterocycles. The number of allylic oxidation sites excluding steroid dienone is 8. The van der Waals surface area contributed by atoms with E-state index in [1.54, 1.807) is 0 Å². The first-order valence-electron chi connectivity index (χ1n) is 6.07. The second-order valence-corrected chi connectivity index (χ2v) is 6.30. The summed E-state index contributed by atoms with van der Waals surface area (Å²) in [6, 6.07) is 4.47. The molecule has 0 bridgehead atoms. The molecule has 0 unspecified atom stereocenters. The first-order valence-corrected chi connectivity index (χ1v) is 7.74. The third-order valence-electron chi connectivity index (χ3n) is 3.39. The predicted molar refractivity (Wildman–Crippen MR) is 76.8 cm³/mol. The van der Waals surface area contributed by atoms with Crippen LogP contribution in [0.25, 0.3) is 11.1 Å². The molecule has 2 aliphatic carbocycles. The van der Waals surface area contributed by atoms with E-state index in [1.807, 2.05) is 0 Å². The minimum Gasteiger partial charge on any atom is -1.00 e. The monoisotopic (exact) mass is 362 g/mol. The smallest absolute Gasteiger partial charge is 1.00 e. The zero-order valence-electron chi connectivity index (χ0n) is 10.4. The van der Waals surface area contributed by atoms with Gasteiger partial charge < -0.3 is 12.4 Å². The Morgan fingerprint density at radius 3 is 2.16 bits per heavy atom. The van der Waals surface area contributed by atoms with Crippen LogP contribution in [0.2, 0.25) is 0 Å². The normalized spacial score (nSPS) is 16.2. The van der Waals surface area contributed by atoms with E-state index in [2.05, 4.69) is 48.6 Å². The molecule has 94 valence electrons. The summed E-state index contributed by atoms with van der Waals surface area (Å²) in [6.45, 7) is 0. The molecular weight excluding hydrogens is 351 g/mol. The number of benzene rings is 1. The zero-order chi connectivity index (χ0) is 12.5. The van der Waals surface area contributed by atoms with Crippen molar-refractivity contribution in [2.75, 3.05) is 0 Å². The van der Waals surface area contributed by atoms with Gasteiger partial charge in [0.25, 0.3) is 0 Å². The molecular formula is C16H13ClSZr. The van der Waals surface area contributed by atoms with Crippen molar-refractivity contribution in [1.29, 1.82) is 0 Å². The van der Waals surface area contributed by atoms with Crippen LogP contribution in [0.15, 0.2) is 53.5 Å². The Bertz CT molecular complexity index is 624. The van der Waals surface area contributed by atoms with E-state index in [4.69, 9.17) is 12.6 Å². The standard InChI is InChI=1S/C16H13S.ClH.Zr/c17-15-11-5-10-14(12-6-1-2-7-12)16(15)13-8-3-4-9-13;;/h1-6,8,10,17H,7,9H2;1H;/q;;+1/p-1. The molecule has 0 heterocycles. The largest absolute Gasteiger partial charge is 1.00 e. The molecule has 0 spiro atoms. The topological polar surface area (TPSA) is 0 Å². The summed E-state index contributed by atoms with van der Waals surface area (Å²) in [4.78, 5) is 1.16. The molecule has 0 amide bonds. The molecule has 0 saturated heterocycles. The third kappa shape index (κ3) is 2.91. The summed E-state index contributed by atoms with van der Waals surface area (Å²) in [7, 11) is 0. The van der Waals surface area contributed by atoms with Gasteiger partial charge in [0.05, 0.1) is 0 Å². The van der Waals surface area contributed by atoms with Crippen LogP contribution >= 0.6 is 12.6 Å². The second kappa shape index (κ2) is 6.44. The Balaban J connectivity index is 0.00000133. The number of hydrogen-bond donors (Lipinski definition) is 1. The maximum atomic E-state index is 4.75. The first kappa shape index (κ1) is 15.1. The molecule has 0 saturated carbocycles. The minimum atomic E-state index is 0. The second-order valence-electron chi connectivity index (χ2n) is 4.53. The molecule has 1 aromatic rings. The van der Waals surface area contributed by atoms with Gasteiger partial charge in [0.15, 0.2) is 0 Å². The fourth-order valence-corrected chi connectivity index (χ4v) is 3.31. The molecule has 0 nitrogen and oxygen atoms in total. The molecule has 2 aliphatic rings. The van der Waals surface area contributed by atoms with Crippen molar-refractivity contribution in [3.8, 4) is 0 Å². The molecule has 0 fully saturated rings. The average Bonchev–Trinajstić information content (AvgIpc) is 3.03. The van der Waals surface area contributed by atoms with Gasteiger partial charge >= 0.3 is 129 Å². The Morgan fingerprint density at radius 1 is 0.947 bits per heavy atom.